The van der Waals surface area contributed by atoms with E-state index in [0.717, 1.165) is 29.1 Å². The lowest BCUT2D eigenvalue weighted by Crippen LogP contribution is -2.23. The molecule has 4 nitrogen and oxygen atoms in total. The first-order chi connectivity index (χ1) is 16.3. The van der Waals surface area contributed by atoms with Gasteiger partial charge in [-0.1, -0.05) is 42.5 Å². The topological polar surface area (TPSA) is 43.3 Å². The lowest BCUT2D eigenvalue weighted by Gasteiger charge is -2.13. The molecule has 0 saturated carbocycles. The smallest absolute Gasteiger partial charge is 0.416 e. The van der Waals surface area contributed by atoms with E-state index in [-0.39, 0.29) is 12.5 Å². The second-order valence-electron chi connectivity index (χ2n) is 7.81. The Hall–Kier alpha value is -4.00. The van der Waals surface area contributed by atoms with E-state index in [1.807, 2.05) is 66.1 Å². The molecule has 0 unspecified atom stereocenters. The molecule has 0 spiro atoms. The quantitative estimate of drug-likeness (QED) is 0.358. The zero-order chi connectivity index (χ0) is 24.3. The van der Waals surface area contributed by atoms with Crippen molar-refractivity contribution in [1.29, 1.82) is 0 Å². The summed E-state index contributed by atoms with van der Waals surface area (Å²) < 4.78 is 46.4. The fourth-order valence-electron chi connectivity index (χ4n) is 3.88. The highest BCUT2D eigenvalue weighted by Gasteiger charge is 2.30. The first-order valence-corrected chi connectivity index (χ1v) is 10.6. The van der Waals surface area contributed by atoms with E-state index >= 15 is 0 Å². The molecule has 0 aliphatic rings. The number of hydrogen-bond acceptors (Lipinski definition) is 2. The number of carbonyl (C=O) groups is 1. The number of benzene rings is 3. The van der Waals surface area contributed by atoms with Crippen LogP contribution in [0.15, 0.2) is 84.9 Å². The minimum absolute atomic E-state index is 0.0206. The Morgan fingerprint density at radius 3 is 2.38 bits per heavy atom. The van der Waals surface area contributed by atoms with E-state index < -0.39 is 11.7 Å². The first kappa shape index (κ1) is 23.2. The summed E-state index contributed by atoms with van der Waals surface area (Å²) in [6.45, 7) is 1.82. The van der Waals surface area contributed by atoms with Crippen LogP contribution in [-0.4, -0.2) is 17.6 Å². The molecule has 0 aliphatic heterocycles. The maximum atomic E-state index is 13.1. The van der Waals surface area contributed by atoms with Gasteiger partial charge in [0.25, 0.3) is 5.91 Å². The van der Waals surface area contributed by atoms with E-state index in [0.29, 0.717) is 22.6 Å². The molecule has 0 atom stereocenters. The summed E-state index contributed by atoms with van der Waals surface area (Å²) >= 11 is 0. The van der Waals surface area contributed by atoms with Crippen molar-refractivity contribution >= 4 is 5.91 Å². The van der Waals surface area contributed by atoms with Crippen molar-refractivity contribution in [1.82, 2.24) is 9.88 Å². The Morgan fingerprint density at radius 2 is 1.68 bits per heavy atom. The Kier molecular flexibility index (Phi) is 6.45. The molecule has 0 fully saturated rings. The largest absolute Gasteiger partial charge is 0.497 e. The second-order valence-corrected chi connectivity index (χ2v) is 7.81. The summed E-state index contributed by atoms with van der Waals surface area (Å²) in [5.74, 6) is 0.320. The van der Waals surface area contributed by atoms with Crippen LogP contribution < -0.4 is 10.1 Å². The van der Waals surface area contributed by atoms with Crippen LogP contribution in [0.2, 0.25) is 0 Å². The third kappa shape index (κ3) is 4.83. The molecule has 34 heavy (non-hydrogen) atoms. The van der Waals surface area contributed by atoms with Crippen LogP contribution in [0, 0.1) is 6.92 Å². The van der Waals surface area contributed by atoms with Gasteiger partial charge in [0.1, 0.15) is 5.75 Å². The fourth-order valence-corrected chi connectivity index (χ4v) is 3.88. The summed E-state index contributed by atoms with van der Waals surface area (Å²) in [7, 11) is 1.59. The summed E-state index contributed by atoms with van der Waals surface area (Å²) in [6.07, 6.45) is -4.44. The standard InChI is InChI=1S/C27H23F3N2O2/c1-18-24(26(33)31-17-19-8-6-10-21(14-19)27(28,29)30)16-25(20-9-7-13-23(15-20)34-2)32(18)22-11-4-3-5-12-22/h3-16H,17H2,1-2H3,(H,31,33). The second kappa shape index (κ2) is 9.47. The number of nitrogens with zero attached hydrogens (tertiary/aromatic N) is 1. The number of halogens is 3. The lowest BCUT2D eigenvalue weighted by atomic mass is 10.1. The van der Waals surface area contributed by atoms with E-state index in [1.165, 1.54) is 6.07 Å². The van der Waals surface area contributed by atoms with Gasteiger partial charge in [-0.15, -0.1) is 0 Å². The molecule has 3 aromatic carbocycles. The molecule has 1 aromatic heterocycles. The monoisotopic (exact) mass is 464 g/mol. The average Bonchev–Trinajstić information content (AvgIpc) is 3.20. The predicted octanol–water partition coefficient (Wildman–Crippen LogP) is 6.41. The maximum absolute atomic E-state index is 13.1. The number of amides is 1. The van der Waals surface area contributed by atoms with Gasteiger partial charge in [0.2, 0.25) is 0 Å². The Labute approximate surface area is 195 Å². The molecule has 174 valence electrons. The van der Waals surface area contributed by atoms with E-state index in [1.54, 1.807) is 19.2 Å². The molecule has 1 heterocycles. The van der Waals surface area contributed by atoms with Crippen LogP contribution in [-0.2, 0) is 12.7 Å². The highest BCUT2D eigenvalue weighted by molar-refractivity contribution is 5.97. The summed E-state index contributed by atoms with van der Waals surface area (Å²) in [4.78, 5) is 13.1. The zero-order valence-electron chi connectivity index (χ0n) is 18.7. The molecule has 1 amide bonds. The van der Waals surface area contributed by atoms with Crippen molar-refractivity contribution in [3.8, 4) is 22.7 Å². The highest BCUT2D eigenvalue weighted by Crippen LogP contribution is 2.32. The molecule has 4 aromatic rings. The Bertz CT molecular complexity index is 1310. The van der Waals surface area contributed by atoms with Crippen molar-refractivity contribution in [3.63, 3.8) is 0 Å². The van der Waals surface area contributed by atoms with Crippen molar-refractivity contribution in [2.75, 3.05) is 7.11 Å². The van der Waals surface area contributed by atoms with Crippen LogP contribution in [0.25, 0.3) is 16.9 Å². The Morgan fingerprint density at radius 1 is 0.941 bits per heavy atom. The molecule has 0 bridgehead atoms. The third-order valence-corrected chi connectivity index (χ3v) is 5.58. The number of rotatable bonds is 6. The number of para-hydroxylation sites is 1. The average molecular weight is 464 g/mol. The van der Waals surface area contributed by atoms with Crippen LogP contribution >= 0.6 is 0 Å². The SMILES string of the molecule is COc1cccc(-c2cc(C(=O)NCc3cccc(C(F)(F)F)c3)c(C)n2-c2ccccc2)c1. The number of hydrogen-bond donors (Lipinski definition) is 1. The summed E-state index contributed by atoms with van der Waals surface area (Å²) in [5, 5.41) is 2.76. The Balaban J connectivity index is 1.68. The van der Waals surface area contributed by atoms with Gasteiger partial charge in [-0.3, -0.25) is 4.79 Å². The van der Waals surface area contributed by atoms with Gasteiger partial charge in [0.15, 0.2) is 0 Å². The predicted molar refractivity (Wildman–Crippen MR) is 125 cm³/mol. The molecule has 1 N–H and O–H groups in total. The van der Waals surface area contributed by atoms with Crippen molar-refractivity contribution in [3.05, 3.63) is 107 Å². The van der Waals surface area contributed by atoms with E-state index in [4.69, 9.17) is 4.74 Å². The third-order valence-electron chi connectivity index (χ3n) is 5.58. The van der Waals surface area contributed by atoms with Gasteiger partial charge in [-0.25, -0.2) is 0 Å². The minimum atomic E-state index is -4.44. The molecule has 0 aliphatic carbocycles. The molecular weight excluding hydrogens is 441 g/mol. The van der Waals surface area contributed by atoms with Crippen molar-refractivity contribution in [2.24, 2.45) is 0 Å². The maximum Gasteiger partial charge on any atom is 0.416 e. The van der Waals surface area contributed by atoms with Gasteiger partial charge >= 0.3 is 6.18 Å². The molecule has 0 saturated heterocycles. The molecular formula is C27H23F3N2O2. The van der Waals surface area contributed by atoms with Gasteiger partial charge in [0.05, 0.1) is 23.9 Å². The van der Waals surface area contributed by atoms with Crippen LogP contribution in [0.3, 0.4) is 0 Å². The fraction of sp³-hybridized carbons (Fsp3) is 0.148. The minimum Gasteiger partial charge on any atom is -0.497 e. The first-order valence-electron chi connectivity index (χ1n) is 10.6. The van der Waals surface area contributed by atoms with Gasteiger partial charge in [-0.05, 0) is 55.0 Å². The normalized spacial score (nSPS) is 11.3. The summed E-state index contributed by atoms with van der Waals surface area (Å²) in [5.41, 5.74) is 3.33. The summed E-state index contributed by atoms with van der Waals surface area (Å²) in [6, 6.07) is 23.9. The van der Waals surface area contributed by atoms with Gasteiger partial charge in [0, 0.05) is 23.5 Å². The van der Waals surface area contributed by atoms with E-state index in [9.17, 15) is 18.0 Å². The van der Waals surface area contributed by atoms with Gasteiger partial charge < -0.3 is 14.6 Å². The van der Waals surface area contributed by atoms with Gasteiger partial charge in [-0.2, -0.15) is 13.2 Å². The number of aromatic nitrogens is 1. The number of carbonyl (C=O) groups excluding carboxylic acids is 1. The number of nitrogens with one attached hydrogen (secondary N) is 1. The van der Waals surface area contributed by atoms with Crippen LogP contribution in [0.5, 0.6) is 5.75 Å². The van der Waals surface area contributed by atoms with Crippen molar-refractivity contribution in [2.45, 2.75) is 19.6 Å². The number of methoxy groups -OCH3 is 1. The van der Waals surface area contributed by atoms with Crippen LogP contribution in [0.4, 0.5) is 13.2 Å². The lowest BCUT2D eigenvalue weighted by molar-refractivity contribution is -0.137. The number of ether oxygens (including phenoxy) is 1. The number of alkyl halides is 3. The zero-order valence-corrected chi connectivity index (χ0v) is 18.7. The van der Waals surface area contributed by atoms with Crippen LogP contribution in [0.1, 0.15) is 27.2 Å². The molecule has 0 radical (unpaired) electrons. The molecule has 7 heteroatoms. The highest BCUT2D eigenvalue weighted by atomic mass is 19.4. The van der Waals surface area contributed by atoms with E-state index in [2.05, 4.69) is 5.32 Å². The molecule has 4 rings (SSSR count). The van der Waals surface area contributed by atoms with Crippen molar-refractivity contribution < 1.29 is 22.7 Å².